The van der Waals surface area contributed by atoms with Gasteiger partial charge in [-0.2, -0.15) is 0 Å². The minimum Gasteiger partial charge on any atom is -0.492 e. The van der Waals surface area contributed by atoms with Crippen molar-refractivity contribution in [3.63, 3.8) is 0 Å². The predicted molar refractivity (Wildman–Crippen MR) is 133 cm³/mol. The van der Waals surface area contributed by atoms with E-state index < -0.39 is 6.10 Å². The Balaban J connectivity index is 1.49. The predicted octanol–water partition coefficient (Wildman–Crippen LogP) is 5.82. The first-order chi connectivity index (χ1) is 16.4. The quantitative estimate of drug-likeness (QED) is 0.445. The number of hydrogen-bond acceptors (Lipinski definition) is 4. The van der Waals surface area contributed by atoms with Crippen molar-refractivity contribution in [3.05, 3.63) is 87.9 Å². The second kappa shape index (κ2) is 10.8. The van der Waals surface area contributed by atoms with Crippen molar-refractivity contribution in [1.82, 2.24) is 4.90 Å². The molecule has 1 aliphatic heterocycles. The van der Waals surface area contributed by atoms with Crippen molar-refractivity contribution in [1.29, 1.82) is 0 Å². The molecular weight excluding hydrogens is 475 g/mol. The largest absolute Gasteiger partial charge is 0.492 e. The van der Waals surface area contributed by atoms with Gasteiger partial charge in [-0.15, -0.1) is 0 Å². The molecule has 3 aromatic carbocycles. The summed E-state index contributed by atoms with van der Waals surface area (Å²) in [6.07, 6.45) is -0.0287. The molecule has 0 radical (unpaired) electrons. The molecule has 0 unspecified atom stereocenters. The van der Waals surface area contributed by atoms with Gasteiger partial charge in [0.05, 0.1) is 16.6 Å². The number of nitrogens with zero attached hydrogens (tertiary/aromatic N) is 1. The van der Waals surface area contributed by atoms with Crippen LogP contribution in [0.15, 0.2) is 66.7 Å². The number of fused-ring (bicyclic) bond motifs is 1. The Hall–Kier alpha value is -3.22. The summed E-state index contributed by atoms with van der Waals surface area (Å²) in [5.74, 6) is 0.973. The van der Waals surface area contributed by atoms with Crippen molar-refractivity contribution in [2.24, 2.45) is 0 Å². The fraction of sp³-hybridized carbons (Fsp3) is 0.231. The zero-order chi connectivity index (χ0) is 24.1. The molecule has 1 heterocycles. The molecule has 176 valence electrons. The van der Waals surface area contributed by atoms with Gasteiger partial charge in [-0.1, -0.05) is 48.3 Å². The van der Waals surface area contributed by atoms with Crippen LogP contribution < -0.4 is 14.8 Å². The monoisotopic (exact) mass is 498 g/mol. The van der Waals surface area contributed by atoms with Gasteiger partial charge in [-0.3, -0.25) is 9.59 Å². The topological polar surface area (TPSA) is 67.9 Å². The molecule has 0 aliphatic carbocycles. The first-order valence-corrected chi connectivity index (χ1v) is 11.7. The molecule has 0 fully saturated rings. The lowest BCUT2D eigenvalue weighted by Gasteiger charge is -2.23. The van der Waals surface area contributed by atoms with Gasteiger partial charge in [0.2, 0.25) is 0 Å². The van der Waals surface area contributed by atoms with Crippen LogP contribution in [-0.4, -0.2) is 36.0 Å². The van der Waals surface area contributed by atoms with Crippen molar-refractivity contribution in [2.75, 3.05) is 18.5 Å². The maximum absolute atomic E-state index is 13.0. The second-order valence-corrected chi connectivity index (χ2v) is 8.66. The van der Waals surface area contributed by atoms with Crippen LogP contribution in [0, 0.1) is 0 Å². The normalized spacial score (nSPS) is 15.2. The van der Waals surface area contributed by atoms with E-state index in [1.54, 1.807) is 29.2 Å². The standard InChI is InChI=1S/C26H24Cl2N2O4/c1-2-23-26(32)30(12-13-33-20-6-4-3-5-7-20)16-18-14-19(9-11-24(18)34-23)29-25(31)17-8-10-21(27)22(28)15-17/h3-11,14-15,23H,2,12-13,16H2,1H3,(H,29,31)/t23-/m0/s1. The highest BCUT2D eigenvalue weighted by molar-refractivity contribution is 6.42. The summed E-state index contributed by atoms with van der Waals surface area (Å²) < 4.78 is 11.8. The molecule has 0 saturated heterocycles. The van der Waals surface area contributed by atoms with Gasteiger partial charge in [-0.25, -0.2) is 0 Å². The SMILES string of the molecule is CC[C@@H]1Oc2ccc(NC(=O)c3ccc(Cl)c(Cl)c3)cc2CN(CCOc2ccccc2)C1=O. The number of anilines is 1. The molecule has 4 rings (SSSR count). The zero-order valence-corrected chi connectivity index (χ0v) is 20.1. The number of rotatable bonds is 7. The Morgan fingerprint density at radius 3 is 2.62 bits per heavy atom. The van der Waals surface area contributed by atoms with Gasteiger partial charge >= 0.3 is 0 Å². The van der Waals surface area contributed by atoms with Gasteiger partial charge in [0.1, 0.15) is 18.1 Å². The molecule has 0 aromatic heterocycles. The molecule has 0 saturated carbocycles. The maximum Gasteiger partial charge on any atom is 0.264 e. The van der Waals surface area contributed by atoms with E-state index in [1.807, 2.05) is 43.3 Å². The van der Waals surface area contributed by atoms with Gasteiger partial charge < -0.3 is 19.7 Å². The second-order valence-electron chi connectivity index (χ2n) is 7.84. The number of hydrogen-bond donors (Lipinski definition) is 1. The lowest BCUT2D eigenvalue weighted by molar-refractivity contribution is -0.138. The number of amides is 2. The van der Waals surface area contributed by atoms with Gasteiger partial charge in [0.15, 0.2) is 6.10 Å². The number of benzene rings is 3. The Bertz CT molecular complexity index is 1190. The molecule has 1 aliphatic rings. The Labute approximate surface area is 208 Å². The minimum absolute atomic E-state index is 0.0863. The van der Waals surface area contributed by atoms with Crippen LogP contribution in [0.25, 0.3) is 0 Å². The highest BCUT2D eigenvalue weighted by atomic mass is 35.5. The van der Waals surface area contributed by atoms with Crippen LogP contribution in [0.5, 0.6) is 11.5 Å². The minimum atomic E-state index is -0.574. The van der Waals surface area contributed by atoms with Crippen molar-refractivity contribution in [2.45, 2.75) is 26.0 Å². The molecule has 8 heteroatoms. The number of halogens is 2. The van der Waals surface area contributed by atoms with Crippen molar-refractivity contribution >= 4 is 40.7 Å². The first-order valence-electron chi connectivity index (χ1n) is 11.0. The zero-order valence-electron chi connectivity index (χ0n) is 18.6. The van der Waals surface area contributed by atoms with Crippen LogP contribution in [0.2, 0.25) is 10.0 Å². The fourth-order valence-corrected chi connectivity index (χ4v) is 3.96. The van der Waals surface area contributed by atoms with E-state index in [1.165, 1.54) is 6.07 Å². The highest BCUT2D eigenvalue weighted by Crippen LogP contribution is 2.30. The number of nitrogens with one attached hydrogen (secondary N) is 1. The summed E-state index contributed by atoms with van der Waals surface area (Å²) in [5.41, 5.74) is 1.78. The lowest BCUT2D eigenvalue weighted by atomic mass is 10.1. The third-order valence-corrected chi connectivity index (χ3v) is 6.20. The van der Waals surface area contributed by atoms with E-state index in [2.05, 4.69) is 5.32 Å². The number of para-hydroxylation sites is 1. The van der Waals surface area contributed by atoms with E-state index in [-0.39, 0.29) is 11.8 Å². The van der Waals surface area contributed by atoms with Crippen molar-refractivity contribution in [3.8, 4) is 11.5 Å². The van der Waals surface area contributed by atoms with Crippen molar-refractivity contribution < 1.29 is 19.1 Å². The summed E-state index contributed by atoms with van der Waals surface area (Å²) in [6.45, 7) is 3.03. The van der Waals surface area contributed by atoms with Gasteiger partial charge in [0, 0.05) is 23.4 Å². The smallest absolute Gasteiger partial charge is 0.264 e. The molecular formula is C26H24Cl2N2O4. The van der Waals surface area contributed by atoms with Crippen LogP contribution >= 0.6 is 23.2 Å². The van der Waals surface area contributed by atoms with E-state index >= 15 is 0 Å². The molecule has 0 bridgehead atoms. The Morgan fingerprint density at radius 1 is 1.09 bits per heavy atom. The molecule has 0 spiro atoms. The molecule has 1 N–H and O–H groups in total. The van der Waals surface area contributed by atoms with Crippen LogP contribution in [0.4, 0.5) is 5.69 Å². The van der Waals surface area contributed by atoms with E-state index in [9.17, 15) is 9.59 Å². The summed E-state index contributed by atoms with van der Waals surface area (Å²) in [6, 6.07) is 19.5. The summed E-state index contributed by atoms with van der Waals surface area (Å²) in [4.78, 5) is 27.5. The lowest BCUT2D eigenvalue weighted by Crippen LogP contribution is -2.41. The third-order valence-electron chi connectivity index (χ3n) is 5.46. The third kappa shape index (κ3) is 5.64. The number of carbonyl (C=O) groups is 2. The molecule has 34 heavy (non-hydrogen) atoms. The first kappa shape index (κ1) is 23.9. The summed E-state index contributed by atoms with van der Waals surface area (Å²) >= 11 is 12.0. The highest BCUT2D eigenvalue weighted by Gasteiger charge is 2.30. The molecule has 2 amide bonds. The number of carbonyl (C=O) groups excluding carboxylic acids is 2. The van der Waals surface area contributed by atoms with Crippen LogP contribution in [-0.2, 0) is 11.3 Å². The fourth-order valence-electron chi connectivity index (χ4n) is 3.66. The van der Waals surface area contributed by atoms with E-state index in [4.69, 9.17) is 32.7 Å². The Kier molecular flexibility index (Phi) is 7.60. The number of ether oxygens (including phenoxy) is 2. The molecule has 1 atom stereocenters. The van der Waals surface area contributed by atoms with Crippen LogP contribution in [0.3, 0.4) is 0 Å². The maximum atomic E-state index is 13.0. The van der Waals surface area contributed by atoms with E-state index in [0.717, 1.165) is 11.3 Å². The molecule has 3 aromatic rings. The van der Waals surface area contributed by atoms with E-state index in [0.29, 0.717) is 53.2 Å². The summed E-state index contributed by atoms with van der Waals surface area (Å²) in [7, 11) is 0. The average Bonchev–Trinajstić information content (AvgIpc) is 2.97. The van der Waals surface area contributed by atoms with Gasteiger partial charge in [0.25, 0.3) is 11.8 Å². The van der Waals surface area contributed by atoms with Crippen LogP contribution in [0.1, 0.15) is 29.3 Å². The summed E-state index contributed by atoms with van der Waals surface area (Å²) in [5, 5.41) is 3.56. The average molecular weight is 499 g/mol. The molecule has 6 nitrogen and oxygen atoms in total. The van der Waals surface area contributed by atoms with Gasteiger partial charge in [-0.05, 0) is 55.0 Å². The Morgan fingerprint density at radius 2 is 1.88 bits per heavy atom.